The maximum Gasteiger partial charge on any atom is 0.247 e. The summed E-state index contributed by atoms with van der Waals surface area (Å²) in [4.78, 5) is 29.9. The molecule has 3 aromatic rings. The Bertz CT molecular complexity index is 1180. The summed E-state index contributed by atoms with van der Waals surface area (Å²) in [6, 6.07) is 14.3. The molecular formula is C27H27FN2O4S. The Morgan fingerprint density at radius 1 is 1.06 bits per heavy atom. The molecule has 1 aromatic heterocycles. The molecular weight excluding hydrogens is 467 g/mol. The Hall–Kier alpha value is -3.39. The number of hydrogen-bond acceptors (Lipinski definition) is 5. The molecule has 2 amide bonds. The van der Waals surface area contributed by atoms with E-state index in [0.29, 0.717) is 17.1 Å². The molecule has 1 aliphatic carbocycles. The third-order valence-corrected chi connectivity index (χ3v) is 7.34. The van der Waals surface area contributed by atoms with E-state index in [4.69, 9.17) is 9.47 Å². The first-order valence-corrected chi connectivity index (χ1v) is 12.7. The number of carbonyl (C=O) groups excluding carboxylic acids is 2. The number of benzene rings is 2. The van der Waals surface area contributed by atoms with Gasteiger partial charge in [-0.1, -0.05) is 37.1 Å². The topological polar surface area (TPSA) is 67.9 Å². The van der Waals surface area contributed by atoms with Gasteiger partial charge in [-0.05, 0) is 59.7 Å². The van der Waals surface area contributed by atoms with Crippen molar-refractivity contribution >= 4 is 23.2 Å². The van der Waals surface area contributed by atoms with Crippen molar-refractivity contribution in [1.82, 2.24) is 10.2 Å². The Morgan fingerprint density at radius 2 is 1.83 bits per heavy atom. The van der Waals surface area contributed by atoms with E-state index in [0.717, 1.165) is 36.1 Å². The summed E-state index contributed by atoms with van der Waals surface area (Å²) in [5.41, 5.74) is 1.39. The van der Waals surface area contributed by atoms with Gasteiger partial charge in [0, 0.05) is 17.5 Å². The Kier molecular flexibility index (Phi) is 6.99. The van der Waals surface area contributed by atoms with Gasteiger partial charge in [-0.15, -0.1) is 11.3 Å². The number of halogens is 1. The van der Waals surface area contributed by atoms with Crippen LogP contribution in [0.5, 0.6) is 11.5 Å². The van der Waals surface area contributed by atoms with Gasteiger partial charge in [-0.25, -0.2) is 4.39 Å². The molecule has 2 aromatic carbocycles. The van der Waals surface area contributed by atoms with Gasteiger partial charge >= 0.3 is 0 Å². The first-order valence-electron chi connectivity index (χ1n) is 11.8. The highest BCUT2D eigenvalue weighted by Gasteiger charge is 2.33. The number of thiophene rings is 1. The number of amides is 2. The van der Waals surface area contributed by atoms with Crippen molar-refractivity contribution in [2.45, 2.75) is 50.7 Å². The number of nitrogens with one attached hydrogen (secondary N) is 1. The molecule has 1 saturated carbocycles. The molecule has 35 heavy (non-hydrogen) atoms. The second-order valence-electron chi connectivity index (χ2n) is 8.91. The summed E-state index contributed by atoms with van der Waals surface area (Å²) in [7, 11) is 0. The minimum Gasteiger partial charge on any atom is -0.454 e. The van der Waals surface area contributed by atoms with E-state index in [2.05, 4.69) is 5.32 Å². The van der Waals surface area contributed by atoms with Crippen molar-refractivity contribution < 1.29 is 23.5 Å². The van der Waals surface area contributed by atoms with E-state index >= 15 is 0 Å². The molecule has 1 N–H and O–H groups in total. The number of nitrogens with zero attached hydrogens (tertiary/aromatic N) is 1. The van der Waals surface area contributed by atoms with Gasteiger partial charge in [0.2, 0.25) is 18.6 Å². The highest BCUT2D eigenvalue weighted by Crippen LogP contribution is 2.34. The second kappa shape index (κ2) is 10.5. The van der Waals surface area contributed by atoms with Gasteiger partial charge in [-0.2, -0.15) is 0 Å². The SMILES string of the molecule is O=C(NC1CCCC1)[C@H](c1ccc(F)cc1)N(Cc1ccc2c(c1)OCO2)C(=O)Cc1cccs1. The maximum atomic E-state index is 13.8. The standard InChI is InChI=1S/C27H27FN2O4S/c28-20-10-8-19(9-11-20)26(27(32)29-21-4-1-2-5-21)30(25(31)15-22-6-3-13-35-22)16-18-7-12-23-24(14-18)34-17-33-23/h3,6-14,21,26H,1-2,4-5,15-17H2,(H,29,32)/t26-/m0/s1. The van der Waals surface area contributed by atoms with E-state index in [1.807, 2.05) is 35.7 Å². The summed E-state index contributed by atoms with van der Waals surface area (Å²) in [5, 5.41) is 5.07. The predicted molar refractivity (Wildman–Crippen MR) is 131 cm³/mol. The average molecular weight is 495 g/mol. The summed E-state index contributed by atoms with van der Waals surface area (Å²) >= 11 is 1.50. The van der Waals surface area contributed by atoms with Gasteiger partial charge in [0.25, 0.3) is 0 Å². The van der Waals surface area contributed by atoms with E-state index in [9.17, 15) is 14.0 Å². The molecule has 2 heterocycles. The number of hydrogen-bond donors (Lipinski definition) is 1. The molecule has 8 heteroatoms. The normalized spacial score (nSPS) is 15.7. The molecule has 0 spiro atoms. The minimum absolute atomic E-state index is 0.0882. The van der Waals surface area contributed by atoms with Crippen LogP contribution in [0.2, 0.25) is 0 Å². The van der Waals surface area contributed by atoms with Crippen molar-refractivity contribution in [2.24, 2.45) is 0 Å². The van der Waals surface area contributed by atoms with E-state index < -0.39 is 11.9 Å². The van der Waals surface area contributed by atoms with Gasteiger partial charge in [0.05, 0.1) is 6.42 Å². The molecule has 6 nitrogen and oxygen atoms in total. The quantitative estimate of drug-likeness (QED) is 0.479. The van der Waals surface area contributed by atoms with Crippen LogP contribution in [-0.4, -0.2) is 29.5 Å². The fraction of sp³-hybridized carbons (Fsp3) is 0.333. The summed E-state index contributed by atoms with van der Waals surface area (Å²) in [5.74, 6) is 0.446. The Labute approximate surface area is 207 Å². The fourth-order valence-corrected chi connectivity index (χ4v) is 5.39. The van der Waals surface area contributed by atoms with Crippen LogP contribution in [0.15, 0.2) is 60.0 Å². The minimum atomic E-state index is -0.894. The van der Waals surface area contributed by atoms with Crippen molar-refractivity contribution in [2.75, 3.05) is 6.79 Å². The monoisotopic (exact) mass is 494 g/mol. The highest BCUT2D eigenvalue weighted by molar-refractivity contribution is 7.10. The van der Waals surface area contributed by atoms with Crippen molar-refractivity contribution in [1.29, 1.82) is 0 Å². The van der Waals surface area contributed by atoms with Crippen LogP contribution in [0, 0.1) is 5.82 Å². The molecule has 2 aliphatic rings. The zero-order valence-corrected chi connectivity index (χ0v) is 20.1. The highest BCUT2D eigenvalue weighted by atomic mass is 32.1. The largest absolute Gasteiger partial charge is 0.454 e. The van der Waals surface area contributed by atoms with Crippen LogP contribution in [0.4, 0.5) is 4.39 Å². The zero-order valence-electron chi connectivity index (χ0n) is 19.2. The van der Waals surface area contributed by atoms with E-state index in [1.54, 1.807) is 17.0 Å². The summed E-state index contributed by atoms with van der Waals surface area (Å²) in [6.45, 7) is 0.350. The molecule has 1 aliphatic heterocycles. The molecule has 1 atom stereocenters. The van der Waals surface area contributed by atoms with Crippen LogP contribution in [0.3, 0.4) is 0 Å². The maximum absolute atomic E-state index is 13.8. The number of carbonyl (C=O) groups is 2. The lowest BCUT2D eigenvalue weighted by atomic mass is 10.0. The molecule has 5 rings (SSSR count). The van der Waals surface area contributed by atoms with E-state index in [1.165, 1.54) is 23.5 Å². The van der Waals surface area contributed by atoms with E-state index in [-0.39, 0.29) is 37.6 Å². The first kappa shape index (κ1) is 23.4. The van der Waals surface area contributed by atoms with Crippen molar-refractivity contribution in [3.8, 4) is 11.5 Å². The number of fused-ring (bicyclic) bond motifs is 1. The molecule has 1 fully saturated rings. The van der Waals surface area contributed by atoms with Gasteiger partial charge in [0.1, 0.15) is 11.9 Å². The summed E-state index contributed by atoms with van der Waals surface area (Å²) in [6.07, 6.45) is 4.17. The van der Waals surface area contributed by atoms with Crippen molar-refractivity contribution in [3.05, 3.63) is 81.8 Å². The third-order valence-electron chi connectivity index (χ3n) is 6.46. The smallest absolute Gasteiger partial charge is 0.247 e. The number of ether oxygens (including phenoxy) is 2. The van der Waals surface area contributed by atoms with Crippen LogP contribution < -0.4 is 14.8 Å². The lowest BCUT2D eigenvalue weighted by molar-refractivity contribution is -0.141. The zero-order chi connectivity index (χ0) is 24.2. The van der Waals surface area contributed by atoms with Crippen LogP contribution in [-0.2, 0) is 22.6 Å². The van der Waals surface area contributed by atoms with Gasteiger partial charge in [-0.3, -0.25) is 9.59 Å². The van der Waals surface area contributed by atoms with Crippen LogP contribution in [0.25, 0.3) is 0 Å². The average Bonchev–Trinajstić information content (AvgIpc) is 3.63. The third kappa shape index (κ3) is 5.48. The first-order chi connectivity index (χ1) is 17.1. The van der Waals surface area contributed by atoms with Gasteiger partial charge in [0.15, 0.2) is 11.5 Å². The summed E-state index contributed by atoms with van der Waals surface area (Å²) < 4.78 is 24.7. The molecule has 0 saturated heterocycles. The lowest BCUT2D eigenvalue weighted by Gasteiger charge is -2.32. The van der Waals surface area contributed by atoms with Crippen molar-refractivity contribution in [3.63, 3.8) is 0 Å². The molecule has 0 unspecified atom stereocenters. The Morgan fingerprint density at radius 3 is 2.57 bits per heavy atom. The molecule has 0 bridgehead atoms. The number of rotatable bonds is 8. The fourth-order valence-electron chi connectivity index (χ4n) is 4.69. The van der Waals surface area contributed by atoms with Crippen LogP contribution >= 0.6 is 11.3 Å². The predicted octanol–water partition coefficient (Wildman–Crippen LogP) is 4.99. The lowest BCUT2D eigenvalue weighted by Crippen LogP contribution is -2.46. The Balaban J connectivity index is 1.50. The van der Waals surface area contributed by atoms with Crippen LogP contribution in [0.1, 0.15) is 47.7 Å². The molecule has 0 radical (unpaired) electrons. The molecule has 182 valence electrons. The second-order valence-corrected chi connectivity index (χ2v) is 9.94. The van der Waals surface area contributed by atoms with Gasteiger partial charge < -0.3 is 19.7 Å².